The number of piperidine rings is 1. The number of anilines is 1. The maximum absolute atomic E-state index is 11.8. The van der Waals surface area contributed by atoms with E-state index in [1.54, 1.807) is 16.7 Å². The average Bonchev–Trinajstić information content (AvgIpc) is 2.51. The van der Waals surface area contributed by atoms with Crippen LogP contribution in [0.4, 0.5) is 5.82 Å². The van der Waals surface area contributed by atoms with Gasteiger partial charge in [0, 0.05) is 19.1 Å². The molecule has 1 saturated heterocycles. The molecule has 1 aliphatic rings. The predicted octanol–water partition coefficient (Wildman–Crippen LogP) is 0.627. The number of nitrogens with zero attached hydrogens (tertiary/aromatic N) is 3. The van der Waals surface area contributed by atoms with Crippen molar-refractivity contribution >= 4 is 15.8 Å². The van der Waals surface area contributed by atoms with E-state index >= 15 is 0 Å². The first-order valence-corrected chi connectivity index (χ1v) is 9.48. The molecule has 8 heteroatoms. The summed E-state index contributed by atoms with van der Waals surface area (Å²) in [5, 5.41) is 11.7. The highest BCUT2D eigenvalue weighted by atomic mass is 32.2. The number of aromatic nitrogens is 2. The fraction of sp³-hybridized carbons (Fsp3) is 0.714. The van der Waals surface area contributed by atoms with Gasteiger partial charge < -0.3 is 10.4 Å². The second kappa shape index (κ2) is 7.85. The van der Waals surface area contributed by atoms with Crippen molar-refractivity contribution in [1.29, 1.82) is 0 Å². The number of aryl methyl sites for hydroxylation is 1. The zero-order chi connectivity index (χ0) is 16.0. The van der Waals surface area contributed by atoms with Gasteiger partial charge in [0.25, 0.3) is 0 Å². The lowest BCUT2D eigenvalue weighted by Crippen LogP contribution is -2.43. The van der Waals surface area contributed by atoms with E-state index in [0.717, 1.165) is 31.4 Å². The lowest BCUT2D eigenvalue weighted by Gasteiger charge is -2.33. The zero-order valence-electron chi connectivity index (χ0n) is 12.9. The van der Waals surface area contributed by atoms with E-state index in [9.17, 15) is 8.42 Å². The highest BCUT2D eigenvalue weighted by molar-refractivity contribution is 7.88. The van der Waals surface area contributed by atoms with Crippen molar-refractivity contribution in [2.45, 2.75) is 38.1 Å². The predicted molar refractivity (Wildman–Crippen MR) is 85.1 cm³/mol. The summed E-state index contributed by atoms with van der Waals surface area (Å²) in [5.74, 6) is 0.633. The Morgan fingerprint density at radius 3 is 2.82 bits per heavy atom. The van der Waals surface area contributed by atoms with Gasteiger partial charge in [-0.2, -0.15) is 4.31 Å². The molecule has 1 atom stereocenters. The van der Waals surface area contributed by atoms with E-state index < -0.39 is 10.0 Å². The smallest absolute Gasteiger partial charge is 0.211 e. The second-order valence-electron chi connectivity index (χ2n) is 5.61. The molecule has 2 N–H and O–H groups in total. The molecule has 0 unspecified atom stereocenters. The fourth-order valence-corrected chi connectivity index (χ4v) is 3.99. The number of rotatable bonds is 7. The summed E-state index contributed by atoms with van der Waals surface area (Å²) < 4.78 is 25.3. The number of aliphatic hydroxyl groups is 1. The van der Waals surface area contributed by atoms with Gasteiger partial charge in [-0.15, -0.1) is 0 Å². The molecule has 1 aromatic rings. The lowest BCUT2D eigenvalue weighted by molar-refractivity contribution is 0.242. The summed E-state index contributed by atoms with van der Waals surface area (Å²) in [7, 11) is -3.13. The Morgan fingerprint density at radius 2 is 2.18 bits per heavy atom. The SMILES string of the molecule is CS(=O)(=O)N1CCCC[C@H]1CCc1cnc(NCCO)cn1. The van der Waals surface area contributed by atoms with E-state index in [1.165, 1.54) is 6.26 Å². The molecule has 0 aliphatic carbocycles. The molecule has 0 spiro atoms. The van der Waals surface area contributed by atoms with E-state index in [0.29, 0.717) is 25.3 Å². The summed E-state index contributed by atoms with van der Waals surface area (Å²) in [6, 6.07) is 0.0674. The van der Waals surface area contributed by atoms with Crippen LogP contribution in [0.1, 0.15) is 31.4 Å². The fourth-order valence-electron chi connectivity index (χ4n) is 2.77. The number of aliphatic hydroxyl groups excluding tert-OH is 1. The molecular weight excluding hydrogens is 304 g/mol. The lowest BCUT2D eigenvalue weighted by atomic mass is 10.00. The van der Waals surface area contributed by atoms with E-state index in [2.05, 4.69) is 15.3 Å². The summed E-state index contributed by atoms with van der Waals surface area (Å²) in [5.41, 5.74) is 0.855. The minimum absolute atomic E-state index is 0.0481. The maximum atomic E-state index is 11.8. The van der Waals surface area contributed by atoms with Crippen molar-refractivity contribution in [3.05, 3.63) is 18.1 Å². The molecule has 0 radical (unpaired) electrons. The summed E-state index contributed by atoms with van der Waals surface area (Å²) in [6.45, 7) is 1.12. The Bertz CT molecular complexity index is 562. The van der Waals surface area contributed by atoms with Gasteiger partial charge in [0.1, 0.15) is 5.82 Å². The van der Waals surface area contributed by atoms with Crippen molar-refractivity contribution in [2.24, 2.45) is 0 Å². The molecule has 1 fully saturated rings. The topological polar surface area (TPSA) is 95.4 Å². The van der Waals surface area contributed by atoms with Gasteiger partial charge in [-0.05, 0) is 25.7 Å². The highest BCUT2D eigenvalue weighted by Crippen LogP contribution is 2.23. The van der Waals surface area contributed by atoms with Crippen molar-refractivity contribution in [3.8, 4) is 0 Å². The van der Waals surface area contributed by atoms with Gasteiger partial charge in [-0.1, -0.05) is 6.42 Å². The third-order valence-corrected chi connectivity index (χ3v) is 5.19. The largest absolute Gasteiger partial charge is 0.395 e. The Kier molecular flexibility index (Phi) is 6.10. The van der Waals surface area contributed by atoms with Crippen LogP contribution in [0.3, 0.4) is 0 Å². The third kappa shape index (κ3) is 4.89. The van der Waals surface area contributed by atoms with Gasteiger partial charge in [0.2, 0.25) is 10.0 Å². The second-order valence-corrected chi connectivity index (χ2v) is 7.54. The quantitative estimate of drug-likeness (QED) is 0.762. The van der Waals surface area contributed by atoms with Gasteiger partial charge in [-0.3, -0.25) is 4.98 Å². The van der Waals surface area contributed by atoms with Crippen molar-refractivity contribution in [2.75, 3.05) is 31.3 Å². The molecule has 22 heavy (non-hydrogen) atoms. The first-order valence-electron chi connectivity index (χ1n) is 7.63. The Hall–Kier alpha value is -1.25. The molecule has 7 nitrogen and oxygen atoms in total. The first kappa shape index (κ1) is 17.1. The zero-order valence-corrected chi connectivity index (χ0v) is 13.7. The average molecular weight is 328 g/mol. The van der Waals surface area contributed by atoms with Crippen LogP contribution in [0.15, 0.2) is 12.4 Å². The maximum Gasteiger partial charge on any atom is 0.211 e. The van der Waals surface area contributed by atoms with Gasteiger partial charge >= 0.3 is 0 Å². The first-order chi connectivity index (χ1) is 10.5. The van der Waals surface area contributed by atoms with Crippen LogP contribution in [0, 0.1) is 0 Å². The van der Waals surface area contributed by atoms with Gasteiger partial charge in [-0.25, -0.2) is 13.4 Å². The standard InChI is InChI=1S/C14H24N4O3S/c1-22(20,21)18-8-3-2-4-13(18)6-5-12-10-17-14(11-16-12)15-7-9-19/h10-11,13,19H,2-9H2,1H3,(H,15,17)/t13-/m0/s1. The van der Waals surface area contributed by atoms with Crippen LogP contribution in [-0.4, -0.2) is 59.8 Å². The van der Waals surface area contributed by atoms with Gasteiger partial charge in [0.05, 0.1) is 31.0 Å². The van der Waals surface area contributed by atoms with E-state index in [4.69, 9.17) is 5.11 Å². The molecule has 0 amide bonds. The summed E-state index contributed by atoms with van der Waals surface area (Å²) in [4.78, 5) is 8.56. The Morgan fingerprint density at radius 1 is 1.36 bits per heavy atom. The molecule has 2 heterocycles. The number of hydrogen-bond acceptors (Lipinski definition) is 6. The minimum Gasteiger partial charge on any atom is -0.395 e. The Labute approximate surface area is 131 Å². The van der Waals surface area contributed by atoms with E-state index in [1.807, 2.05) is 0 Å². The molecule has 0 aromatic carbocycles. The summed E-state index contributed by atoms with van der Waals surface area (Å²) >= 11 is 0. The number of nitrogens with one attached hydrogen (secondary N) is 1. The van der Waals surface area contributed by atoms with Crippen LogP contribution in [-0.2, 0) is 16.4 Å². The number of hydrogen-bond donors (Lipinski definition) is 2. The molecule has 0 bridgehead atoms. The monoisotopic (exact) mass is 328 g/mol. The Balaban J connectivity index is 1.91. The van der Waals surface area contributed by atoms with Gasteiger partial charge in [0.15, 0.2) is 0 Å². The minimum atomic E-state index is -3.13. The van der Waals surface area contributed by atoms with Crippen LogP contribution < -0.4 is 5.32 Å². The molecule has 124 valence electrons. The van der Waals surface area contributed by atoms with Crippen molar-refractivity contribution in [3.63, 3.8) is 0 Å². The molecule has 0 saturated carbocycles. The van der Waals surface area contributed by atoms with Crippen LogP contribution >= 0.6 is 0 Å². The molecule has 1 aliphatic heterocycles. The van der Waals surface area contributed by atoms with Crippen molar-refractivity contribution in [1.82, 2.24) is 14.3 Å². The highest BCUT2D eigenvalue weighted by Gasteiger charge is 2.28. The molecular formula is C14H24N4O3S. The summed E-state index contributed by atoms with van der Waals surface area (Å²) in [6.07, 6.45) is 9.03. The van der Waals surface area contributed by atoms with Crippen LogP contribution in [0.25, 0.3) is 0 Å². The molecule has 1 aromatic heterocycles. The number of sulfonamides is 1. The van der Waals surface area contributed by atoms with Crippen LogP contribution in [0.5, 0.6) is 0 Å². The normalized spacial score (nSPS) is 20.0. The molecule has 2 rings (SSSR count). The van der Waals surface area contributed by atoms with E-state index in [-0.39, 0.29) is 12.6 Å². The van der Waals surface area contributed by atoms with Crippen LogP contribution in [0.2, 0.25) is 0 Å². The third-order valence-electron chi connectivity index (χ3n) is 3.86. The van der Waals surface area contributed by atoms with Crippen molar-refractivity contribution < 1.29 is 13.5 Å².